The number of ether oxygens (including phenoxy) is 1. The van der Waals surface area contributed by atoms with Crippen molar-refractivity contribution in [2.45, 2.75) is 25.3 Å². The second-order valence-corrected chi connectivity index (χ2v) is 6.10. The summed E-state index contributed by atoms with van der Waals surface area (Å²) in [7, 11) is 0. The lowest BCUT2D eigenvalue weighted by Gasteiger charge is -2.14. The number of cyclic esters (lactones) is 1. The highest BCUT2D eigenvalue weighted by Crippen LogP contribution is 2.38. The molecule has 0 unspecified atom stereocenters. The number of aromatic nitrogens is 2. The third-order valence-electron chi connectivity index (χ3n) is 4.28. The Morgan fingerprint density at radius 2 is 2.25 bits per heavy atom. The van der Waals surface area contributed by atoms with Gasteiger partial charge in [0.1, 0.15) is 12.3 Å². The summed E-state index contributed by atoms with van der Waals surface area (Å²) < 4.78 is 4.95. The monoisotopic (exact) mass is 326 g/mol. The molecule has 0 radical (unpaired) electrons. The van der Waals surface area contributed by atoms with Crippen LogP contribution in [0.1, 0.15) is 40.5 Å². The largest absolute Gasteiger partial charge is 0.447 e. The Bertz CT molecular complexity index is 782. The molecule has 2 aromatic rings. The summed E-state index contributed by atoms with van der Waals surface area (Å²) in [5.74, 6) is 0.333. The summed E-state index contributed by atoms with van der Waals surface area (Å²) in [5, 5.41) is 9.86. The lowest BCUT2D eigenvalue weighted by molar-refractivity contribution is 0.0946. The van der Waals surface area contributed by atoms with E-state index in [1.807, 2.05) is 30.3 Å². The van der Waals surface area contributed by atoms with Crippen LogP contribution in [0.15, 0.2) is 30.3 Å². The maximum absolute atomic E-state index is 12.2. The van der Waals surface area contributed by atoms with Crippen LogP contribution < -0.4 is 10.2 Å². The van der Waals surface area contributed by atoms with E-state index in [-0.39, 0.29) is 12.0 Å². The van der Waals surface area contributed by atoms with Crippen LogP contribution >= 0.6 is 0 Å². The maximum Gasteiger partial charge on any atom is 0.414 e. The topological polar surface area (TPSA) is 87.3 Å². The Morgan fingerprint density at radius 3 is 3.00 bits per heavy atom. The lowest BCUT2D eigenvalue weighted by Crippen LogP contribution is -2.25. The van der Waals surface area contributed by atoms with Crippen molar-refractivity contribution >= 4 is 17.7 Å². The van der Waals surface area contributed by atoms with Gasteiger partial charge in [-0.1, -0.05) is 12.1 Å². The minimum Gasteiger partial charge on any atom is -0.447 e. The Hall–Kier alpha value is -2.83. The van der Waals surface area contributed by atoms with Crippen LogP contribution in [-0.4, -0.2) is 35.3 Å². The van der Waals surface area contributed by atoms with Gasteiger partial charge in [-0.15, -0.1) is 0 Å². The predicted molar refractivity (Wildman–Crippen MR) is 86.9 cm³/mol. The molecule has 2 aliphatic rings. The van der Waals surface area contributed by atoms with Crippen LogP contribution in [0, 0.1) is 0 Å². The van der Waals surface area contributed by atoms with Gasteiger partial charge in [-0.2, -0.15) is 5.10 Å². The molecule has 1 saturated carbocycles. The van der Waals surface area contributed by atoms with E-state index in [2.05, 4.69) is 15.5 Å². The highest BCUT2D eigenvalue weighted by atomic mass is 16.6. The van der Waals surface area contributed by atoms with Gasteiger partial charge in [-0.3, -0.25) is 14.8 Å². The van der Waals surface area contributed by atoms with Gasteiger partial charge >= 0.3 is 6.09 Å². The van der Waals surface area contributed by atoms with Crippen molar-refractivity contribution in [2.75, 3.05) is 18.1 Å². The van der Waals surface area contributed by atoms with Crippen molar-refractivity contribution in [3.63, 3.8) is 0 Å². The minimum atomic E-state index is -0.333. The average Bonchev–Trinajstić information content (AvgIpc) is 3.16. The molecular weight excluding hydrogens is 308 g/mol. The Balaban J connectivity index is 1.39. The quantitative estimate of drug-likeness (QED) is 0.881. The molecule has 24 heavy (non-hydrogen) atoms. The summed E-state index contributed by atoms with van der Waals surface area (Å²) >= 11 is 0. The number of anilines is 1. The zero-order valence-electron chi connectivity index (χ0n) is 13.1. The number of benzene rings is 1. The summed E-state index contributed by atoms with van der Waals surface area (Å²) in [6.07, 6.45) is 1.99. The lowest BCUT2D eigenvalue weighted by atomic mass is 10.2. The molecule has 0 atom stereocenters. The predicted octanol–water partition coefficient (Wildman–Crippen LogP) is 2.17. The van der Waals surface area contributed by atoms with Crippen LogP contribution in [0.4, 0.5) is 10.5 Å². The van der Waals surface area contributed by atoms with Crippen LogP contribution in [0.2, 0.25) is 0 Å². The van der Waals surface area contributed by atoms with E-state index in [1.54, 1.807) is 4.90 Å². The van der Waals surface area contributed by atoms with Gasteiger partial charge in [0, 0.05) is 23.8 Å². The first-order valence-corrected chi connectivity index (χ1v) is 8.07. The molecule has 0 bridgehead atoms. The van der Waals surface area contributed by atoms with Gasteiger partial charge in [-0.05, 0) is 36.6 Å². The summed E-state index contributed by atoms with van der Waals surface area (Å²) in [5.41, 5.74) is 3.14. The molecule has 0 spiro atoms. The molecular formula is C17H18N4O3. The molecule has 1 aliphatic heterocycles. The highest BCUT2D eigenvalue weighted by Gasteiger charge is 2.26. The molecule has 2 N–H and O–H groups in total. The van der Waals surface area contributed by atoms with Gasteiger partial charge in [0.05, 0.1) is 6.54 Å². The molecule has 1 aromatic heterocycles. The van der Waals surface area contributed by atoms with Crippen molar-refractivity contribution in [3.8, 4) is 0 Å². The fourth-order valence-electron chi connectivity index (χ4n) is 2.79. The van der Waals surface area contributed by atoms with Crippen molar-refractivity contribution < 1.29 is 14.3 Å². The Labute approximate surface area is 139 Å². The van der Waals surface area contributed by atoms with E-state index in [9.17, 15) is 9.59 Å². The number of amides is 2. The number of rotatable bonds is 5. The highest BCUT2D eigenvalue weighted by molar-refractivity contribution is 5.92. The molecule has 4 rings (SSSR count). The van der Waals surface area contributed by atoms with E-state index in [1.165, 1.54) is 0 Å². The van der Waals surface area contributed by atoms with Crippen LogP contribution in [0.5, 0.6) is 0 Å². The van der Waals surface area contributed by atoms with E-state index in [4.69, 9.17) is 4.74 Å². The number of H-pyrrole nitrogens is 1. The second-order valence-electron chi connectivity index (χ2n) is 6.10. The summed E-state index contributed by atoms with van der Waals surface area (Å²) in [6, 6.07) is 9.33. The SMILES string of the molecule is O=C(NCc1cccc(N2CCOC2=O)c1)c1cc(C2CC2)[nH]n1. The minimum absolute atomic E-state index is 0.205. The molecule has 2 fully saturated rings. The number of hydrogen-bond donors (Lipinski definition) is 2. The van der Waals surface area contributed by atoms with Crippen LogP contribution in [0.3, 0.4) is 0 Å². The number of carbonyl (C=O) groups excluding carboxylic acids is 2. The first-order chi connectivity index (χ1) is 11.7. The third-order valence-corrected chi connectivity index (χ3v) is 4.28. The Kier molecular flexibility index (Phi) is 3.68. The van der Waals surface area contributed by atoms with E-state index in [0.29, 0.717) is 31.3 Å². The van der Waals surface area contributed by atoms with Gasteiger partial charge < -0.3 is 10.1 Å². The number of carbonyl (C=O) groups is 2. The molecule has 7 nitrogen and oxygen atoms in total. The van der Waals surface area contributed by atoms with E-state index < -0.39 is 0 Å². The number of nitrogens with one attached hydrogen (secondary N) is 2. The third kappa shape index (κ3) is 2.97. The molecule has 2 amide bonds. The molecule has 7 heteroatoms. The smallest absolute Gasteiger partial charge is 0.414 e. The zero-order valence-corrected chi connectivity index (χ0v) is 13.1. The van der Waals surface area contributed by atoms with Crippen LogP contribution in [-0.2, 0) is 11.3 Å². The number of nitrogens with zero attached hydrogens (tertiary/aromatic N) is 2. The van der Waals surface area contributed by atoms with Gasteiger partial charge in [0.2, 0.25) is 0 Å². The maximum atomic E-state index is 12.2. The van der Waals surface area contributed by atoms with Crippen LogP contribution in [0.25, 0.3) is 0 Å². The average molecular weight is 326 g/mol. The van der Waals surface area contributed by atoms with Crippen molar-refractivity contribution in [2.24, 2.45) is 0 Å². The molecule has 1 saturated heterocycles. The second kappa shape index (κ2) is 5.99. The number of aromatic amines is 1. The first kappa shape index (κ1) is 14.7. The van der Waals surface area contributed by atoms with Crippen molar-refractivity contribution in [1.82, 2.24) is 15.5 Å². The molecule has 1 aromatic carbocycles. The van der Waals surface area contributed by atoms with Gasteiger partial charge in [-0.25, -0.2) is 4.79 Å². The zero-order chi connectivity index (χ0) is 16.5. The van der Waals surface area contributed by atoms with Gasteiger partial charge in [0.25, 0.3) is 5.91 Å². The molecule has 124 valence electrons. The Morgan fingerprint density at radius 1 is 1.38 bits per heavy atom. The van der Waals surface area contributed by atoms with Crippen molar-refractivity contribution in [3.05, 3.63) is 47.3 Å². The van der Waals surface area contributed by atoms with E-state index in [0.717, 1.165) is 29.8 Å². The summed E-state index contributed by atoms with van der Waals surface area (Å²) in [4.78, 5) is 25.4. The normalized spacial score (nSPS) is 17.0. The van der Waals surface area contributed by atoms with Gasteiger partial charge in [0.15, 0.2) is 0 Å². The molecule has 2 heterocycles. The molecule has 1 aliphatic carbocycles. The fraction of sp³-hybridized carbons (Fsp3) is 0.353. The fourth-order valence-corrected chi connectivity index (χ4v) is 2.79. The number of hydrogen-bond acceptors (Lipinski definition) is 4. The summed E-state index contributed by atoms with van der Waals surface area (Å²) in [6.45, 7) is 1.33. The van der Waals surface area contributed by atoms with E-state index >= 15 is 0 Å². The van der Waals surface area contributed by atoms with Crippen molar-refractivity contribution in [1.29, 1.82) is 0 Å². The standard InChI is InChI=1S/C17H18N4O3/c22-16(15-9-14(19-20-15)12-4-5-12)18-10-11-2-1-3-13(8-11)21-6-7-24-17(21)23/h1-3,8-9,12H,4-7,10H2,(H,18,22)(H,19,20). The first-order valence-electron chi connectivity index (χ1n) is 8.07.